The maximum atomic E-state index is 13.5. The Balaban J connectivity index is 1.07. The number of hydrogen-bond donors (Lipinski definition) is 3. The Morgan fingerprint density at radius 2 is 1.87 bits per heavy atom. The molecule has 0 radical (unpaired) electrons. The molecule has 39 heavy (non-hydrogen) atoms. The van der Waals surface area contributed by atoms with Crippen LogP contribution in [-0.4, -0.2) is 50.9 Å². The fourth-order valence-corrected chi connectivity index (χ4v) is 5.99. The summed E-state index contributed by atoms with van der Waals surface area (Å²) in [7, 11) is 0. The fraction of sp³-hybridized carbons (Fsp3) is 0.483. The number of nitrogens with zero attached hydrogens (tertiary/aromatic N) is 2. The van der Waals surface area contributed by atoms with Gasteiger partial charge in [-0.1, -0.05) is 0 Å². The summed E-state index contributed by atoms with van der Waals surface area (Å²) in [6.07, 6.45) is 6.94. The third kappa shape index (κ3) is 5.05. The van der Waals surface area contributed by atoms with E-state index >= 15 is 0 Å². The average Bonchev–Trinajstić information content (AvgIpc) is 3.57. The van der Waals surface area contributed by atoms with Gasteiger partial charge >= 0.3 is 0 Å². The number of carbonyl (C=O) groups excluding carboxylic acids is 2. The van der Waals surface area contributed by atoms with Crippen LogP contribution in [0.2, 0.25) is 0 Å². The van der Waals surface area contributed by atoms with Crippen molar-refractivity contribution in [3.63, 3.8) is 0 Å². The van der Waals surface area contributed by atoms with Crippen LogP contribution in [0.3, 0.4) is 0 Å². The molecule has 3 aliphatic rings. The van der Waals surface area contributed by atoms with E-state index in [1.54, 1.807) is 24.6 Å². The lowest BCUT2D eigenvalue weighted by molar-refractivity contribution is -0.0834. The maximum absolute atomic E-state index is 13.5. The first-order chi connectivity index (χ1) is 18.5. The van der Waals surface area contributed by atoms with Crippen molar-refractivity contribution in [3.05, 3.63) is 59.2 Å². The Bertz CT molecular complexity index is 1440. The van der Waals surface area contributed by atoms with Crippen LogP contribution in [-0.2, 0) is 0 Å². The molecule has 2 heterocycles. The molecule has 9 nitrogen and oxygen atoms in total. The highest BCUT2D eigenvalue weighted by Crippen LogP contribution is 2.57. The van der Waals surface area contributed by atoms with Gasteiger partial charge in [0.2, 0.25) is 0 Å². The number of benzene rings is 1. The molecule has 0 saturated heterocycles. The number of ether oxygens (including phenoxy) is 2. The SMILES string of the molecule is CC(C)(O)COc1ccc2c(C(=O)NC3CC4(C3)CC(Oc3ccc(F)cc3C(N)=O)C4)cnn2c1C1CC1. The minimum absolute atomic E-state index is 0.0452. The quantitative estimate of drug-likeness (QED) is 0.383. The van der Waals surface area contributed by atoms with Crippen molar-refractivity contribution < 1.29 is 28.6 Å². The Labute approximate surface area is 225 Å². The number of pyridine rings is 1. The second-order valence-corrected chi connectivity index (χ2v) is 12.0. The minimum atomic E-state index is -0.953. The lowest BCUT2D eigenvalue weighted by atomic mass is 9.53. The number of hydrogen-bond acceptors (Lipinski definition) is 6. The summed E-state index contributed by atoms with van der Waals surface area (Å²) in [6, 6.07) is 7.57. The highest BCUT2D eigenvalue weighted by molar-refractivity contribution is 6.01. The standard InChI is InChI=1S/C29H33FN4O5/c1-28(2,37)15-38-24-8-6-22-21(14-32-34(22)25(24)16-3-4-16)27(36)33-18-10-29(11-18)12-19(13-29)39-23-7-5-17(30)9-20(23)26(31)35/h5-9,14,16,18-19,37H,3-4,10-13,15H2,1-2H3,(H2,31,35)(H,33,36). The highest BCUT2D eigenvalue weighted by Gasteiger charge is 2.54. The molecule has 0 unspecified atom stereocenters. The van der Waals surface area contributed by atoms with Crippen molar-refractivity contribution in [3.8, 4) is 11.5 Å². The van der Waals surface area contributed by atoms with Gasteiger partial charge in [-0.05, 0) is 88.1 Å². The molecular formula is C29H33FN4O5. The minimum Gasteiger partial charge on any atom is -0.490 e. The Kier molecular flexibility index (Phi) is 6.05. The van der Waals surface area contributed by atoms with Gasteiger partial charge < -0.3 is 25.6 Å². The first kappa shape index (κ1) is 25.6. The van der Waals surface area contributed by atoms with E-state index in [-0.39, 0.29) is 35.6 Å². The van der Waals surface area contributed by atoms with Gasteiger partial charge in [0.1, 0.15) is 23.9 Å². The van der Waals surface area contributed by atoms with Gasteiger partial charge in [0.25, 0.3) is 11.8 Å². The van der Waals surface area contributed by atoms with Crippen molar-refractivity contribution in [2.24, 2.45) is 11.1 Å². The summed E-state index contributed by atoms with van der Waals surface area (Å²) >= 11 is 0. The molecule has 0 bridgehead atoms. The zero-order valence-electron chi connectivity index (χ0n) is 22.1. The predicted molar refractivity (Wildman–Crippen MR) is 140 cm³/mol. The van der Waals surface area contributed by atoms with E-state index in [0.29, 0.717) is 23.0 Å². The second kappa shape index (κ2) is 9.22. The van der Waals surface area contributed by atoms with E-state index in [1.165, 1.54) is 12.1 Å². The third-order valence-electron chi connectivity index (χ3n) is 7.99. The first-order valence-electron chi connectivity index (χ1n) is 13.4. The Morgan fingerprint density at radius 3 is 2.54 bits per heavy atom. The molecule has 1 aromatic carbocycles. The number of amides is 2. The summed E-state index contributed by atoms with van der Waals surface area (Å²) in [6.45, 7) is 3.56. The summed E-state index contributed by atoms with van der Waals surface area (Å²) < 4.78 is 27.2. The van der Waals surface area contributed by atoms with Crippen LogP contribution in [0.25, 0.3) is 5.52 Å². The topological polar surface area (TPSA) is 128 Å². The van der Waals surface area contributed by atoms with E-state index in [9.17, 15) is 19.1 Å². The fourth-order valence-electron chi connectivity index (χ4n) is 5.99. The molecule has 0 atom stereocenters. The van der Waals surface area contributed by atoms with E-state index in [0.717, 1.165) is 55.8 Å². The summed E-state index contributed by atoms with van der Waals surface area (Å²) in [4.78, 5) is 24.8. The normalized spacial score (nSPS) is 24.2. The number of carbonyl (C=O) groups is 2. The number of aliphatic hydroxyl groups is 1. The Morgan fingerprint density at radius 1 is 1.15 bits per heavy atom. The van der Waals surface area contributed by atoms with Gasteiger partial charge in [0.05, 0.1) is 40.2 Å². The largest absolute Gasteiger partial charge is 0.490 e. The van der Waals surface area contributed by atoms with E-state index in [1.807, 2.05) is 12.1 Å². The summed E-state index contributed by atoms with van der Waals surface area (Å²) in [5.41, 5.74) is 6.78. The van der Waals surface area contributed by atoms with Crippen LogP contribution in [0, 0.1) is 11.2 Å². The molecule has 3 aliphatic carbocycles. The molecule has 6 rings (SSSR count). The highest BCUT2D eigenvalue weighted by atomic mass is 19.1. The smallest absolute Gasteiger partial charge is 0.255 e. The molecule has 2 aromatic heterocycles. The van der Waals surface area contributed by atoms with Crippen molar-refractivity contribution >= 4 is 17.3 Å². The zero-order valence-corrected chi connectivity index (χ0v) is 22.1. The van der Waals surface area contributed by atoms with Gasteiger partial charge in [0, 0.05) is 12.0 Å². The molecule has 3 fully saturated rings. The first-order valence-corrected chi connectivity index (χ1v) is 13.4. The second-order valence-electron chi connectivity index (χ2n) is 12.0. The monoisotopic (exact) mass is 536 g/mol. The number of aromatic nitrogens is 2. The van der Waals surface area contributed by atoms with Crippen LogP contribution in [0.5, 0.6) is 11.5 Å². The third-order valence-corrected chi connectivity index (χ3v) is 7.99. The van der Waals surface area contributed by atoms with E-state index < -0.39 is 17.3 Å². The molecule has 1 spiro atoms. The number of fused-ring (bicyclic) bond motifs is 1. The number of rotatable bonds is 9. The van der Waals surface area contributed by atoms with Gasteiger partial charge in [-0.3, -0.25) is 9.59 Å². The molecule has 3 aromatic rings. The molecule has 0 aliphatic heterocycles. The predicted octanol–water partition coefficient (Wildman–Crippen LogP) is 3.72. The summed E-state index contributed by atoms with van der Waals surface area (Å²) in [5.74, 6) is -0.0847. The lowest BCUT2D eigenvalue weighted by Crippen LogP contribution is -2.58. The van der Waals surface area contributed by atoms with Gasteiger partial charge in [-0.15, -0.1) is 0 Å². The van der Waals surface area contributed by atoms with Crippen molar-refractivity contribution in [1.82, 2.24) is 14.9 Å². The van der Waals surface area contributed by atoms with Crippen molar-refractivity contribution in [2.75, 3.05) is 6.61 Å². The number of primary amides is 1. The number of nitrogens with two attached hydrogens (primary N) is 1. The van der Waals surface area contributed by atoms with Gasteiger partial charge in [-0.25, -0.2) is 8.91 Å². The van der Waals surface area contributed by atoms with Crippen LogP contribution < -0.4 is 20.5 Å². The van der Waals surface area contributed by atoms with Crippen LogP contribution in [0.4, 0.5) is 4.39 Å². The molecule has 3 saturated carbocycles. The number of nitrogens with one attached hydrogen (secondary N) is 1. The molecule has 10 heteroatoms. The molecular weight excluding hydrogens is 503 g/mol. The molecule has 4 N–H and O–H groups in total. The zero-order chi connectivity index (χ0) is 27.5. The van der Waals surface area contributed by atoms with Gasteiger partial charge in [-0.2, -0.15) is 5.10 Å². The molecule has 206 valence electrons. The van der Waals surface area contributed by atoms with Crippen LogP contribution >= 0.6 is 0 Å². The van der Waals surface area contributed by atoms with Crippen LogP contribution in [0.1, 0.15) is 84.7 Å². The maximum Gasteiger partial charge on any atom is 0.255 e. The van der Waals surface area contributed by atoms with Crippen molar-refractivity contribution in [1.29, 1.82) is 0 Å². The Hall–Kier alpha value is -3.66. The van der Waals surface area contributed by atoms with E-state index in [4.69, 9.17) is 15.2 Å². The van der Waals surface area contributed by atoms with E-state index in [2.05, 4.69) is 10.4 Å². The average molecular weight is 537 g/mol. The molecule has 2 amide bonds. The lowest BCUT2D eigenvalue weighted by Gasteiger charge is -2.57. The summed E-state index contributed by atoms with van der Waals surface area (Å²) in [5, 5.41) is 17.8. The van der Waals surface area contributed by atoms with Gasteiger partial charge in [0.15, 0.2) is 0 Å². The van der Waals surface area contributed by atoms with Crippen LogP contribution in [0.15, 0.2) is 36.5 Å². The number of halogens is 1. The van der Waals surface area contributed by atoms with Crippen molar-refractivity contribution in [2.45, 2.75) is 76.0 Å².